The second kappa shape index (κ2) is 5.40. The Labute approximate surface area is 106 Å². The number of aryl methyl sites for hydroxylation is 1. The second-order valence-corrected chi connectivity index (χ2v) is 3.78. The first kappa shape index (κ1) is 12.2. The topological polar surface area (TPSA) is 52.1 Å². The molecule has 0 N–H and O–H groups in total. The largest absolute Gasteiger partial charge is 0.462 e. The summed E-state index contributed by atoms with van der Waals surface area (Å²) in [6.45, 7) is 3.89. The Morgan fingerprint density at radius 1 is 1.28 bits per heavy atom. The van der Waals surface area contributed by atoms with Gasteiger partial charge in [-0.1, -0.05) is 30.3 Å². The molecule has 0 bridgehead atoms. The van der Waals surface area contributed by atoms with Crippen molar-refractivity contribution < 1.29 is 9.53 Å². The summed E-state index contributed by atoms with van der Waals surface area (Å²) in [6.07, 6.45) is 1.52. The third kappa shape index (κ3) is 2.53. The van der Waals surface area contributed by atoms with E-state index in [0.29, 0.717) is 23.7 Å². The molecule has 2 aromatic rings. The van der Waals surface area contributed by atoms with Crippen molar-refractivity contribution in [2.75, 3.05) is 6.61 Å². The fraction of sp³-hybridized carbons (Fsp3) is 0.214. The van der Waals surface area contributed by atoms with Crippen molar-refractivity contribution >= 4 is 5.97 Å². The van der Waals surface area contributed by atoms with Crippen LogP contribution in [0.2, 0.25) is 0 Å². The molecule has 0 saturated carbocycles. The first-order chi connectivity index (χ1) is 8.72. The quantitative estimate of drug-likeness (QED) is 0.776. The van der Waals surface area contributed by atoms with Gasteiger partial charge in [0.05, 0.1) is 17.9 Å². The van der Waals surface area contributed by atoms with Crippen LogP contribution in [0.25, 0.3) is 11.4 Å². The van der Waals surface area contributed by atoms with Crippen LogP contribution in [0.15, 0.2) is 36.5 Å². The molecule has 0 saturated heterocycles. The third-order valence-electron chi connectivity index (χ3n) is 2.51. The van der Waals surface area contributed by atoms with Gasteiger partial charge in [-0.05, 0) is 13.8 Å². The molecule has 1 heterocycles. The van der Waals surface area contributed by atoms with E-state index in [9.17, 15) is 4.79 Å². The molecule has 0 radical (unpaired) electrons. The predicted octanol–water partition coefficient (Wildman–Crippen LogP) is 2.63. The molecular weight excluding hydrogens is 228 g/mol. The number of esters is 1. The van der Waals surface area contributed by atoms with E-state index in [4.69, 9.17) is 4.74 Å². The number of rotatable bonds is 3. The highest BCUT2D eigenvalue weighted by Gasteiger charge is 2.12. The minimum Gasteiger partial charge on any atom is -0.462 e. The summed E-state index contributed by atoms with van der Waals surface area (Å²) < 4.78 is 4.94. The van der Waals surface area contributed by atoms with E-state index in [1.807, 2.05) is 30.3 Å². The van der Waals surface area contributed by atoms with Crippen LogP contribution in [0.4, 0.5) is 0 Å². The highest BCUT2D eigenvalue weighted by atomic mass is 16.5. The van der Waals surface area contributed by atoms with Crippen LogP contribution in [0.1, 0.15) is 23.0 Å². The summed E-state index contributed by atoms with van der Waals surface area (Å²) in [5.74, 6) is 0.232. The van der Waals surface area contributed by atoms with Gasteiger partial charge in [-0.2, -0.15) is 0 Å². The number of carbonyl (C=O) groups excluding carboxylic acids is 1. The van der Waals surface area contributed by atoms with Crippen LogP contribution >= 0.6 is 0 Å². The van der Waals surface area contributed by atoms with E-state index < -0.39 is 0 Å². The minimum atomic E-state index is -0.380. The molecule has 0 spiro atoms. The fourth-order valence-electron chi connectivity index (χ4n) is 1.60. The van der Waals surface area contributed by atoms with Crippen molar-refractivity contribution in [1.29, 1.82) is 0 Å². The van der Waals surface area contributed by atoms with E-state index in [1.165, 1.54) is 6.20 Å². The van der Waals surface area contributed by atoms with Gasteiger partial charge in [0.25, 0.3) is 0 Å². The summed E-state index contributed by atoms with van der Waals surface area (Å²) in [5.41, 5.74) is 1.97. The van der Waals surface area contributed by atoms with E-state index in [-0.39, 0.29) is 5.97 Å². The summed E-state index contributed by atoms with van der Waals surface area (Å²) in [6, 6.07) is 9.64. The number of hydrogen-bond acceptors (Lipinski definition) is 4. The average Bonchev–Trinajstić information content (AvgIpc) is 2.40. The Hall–Kier alpha value is -2.23. The lowest BCUT2D eigenvalue weighted by atomic mass is 10.2. The molecule has 4 nitrogen and oxygen atoms in total. The average molecular weight is 242 g/mol. The summed E-state index contributed by atoms with van der Waals surface area (Å²) in [4.78, 5) is 20.1. The van der Waals surface area contributed by atoms with Crippen LogP contribution < -0.4 is 0 Å². The summed E-state index contributed by atoms with van der Waals surface area (Å²) in [7, 11) is 0. The summed E-state index contributed by atoms with van der Waals surface area (Å²) in [5, 5.41) is 0. The molecule has 0 aliphatic rings. The molecule has 0 aliphatic heterocycles. The monoisotopic (exact) mass is 242 g/mol. The lowest BCUT2D eigenvalue weighted by Gasteiger charge is -2.06. The van der Waals surface area contributed by atoms with Gasteiger partial charge >= 0.3 is 5.97 Å². The van der Waals surface area contributed by atoms with E-state index in [2.05, 4.69) is 9.97 Å². The van der Waals surface area contributed by atoms with E-state index in [0.717, 1.165) is 5.56 Å². The Balaban J connectivity index is 2.34. The lowest BCUT2D eigenvalue weighted by molar-refractivity contribution is 0.0524. The molecule has 0 aliphatic carbocycles. The lowest BCUT2D eigenvalue weighted by Crippen LogP contribution is -2.09. The zero-order chi connectivity index (χ0) is 13.0. The van der Waals surface area contributed by atoms with Crippen molar-refractivity contribution in [3.8, 4) is 11.4 Å². The molecule has 4 heteroatoms. The van der Waals surface area contributed by atoms with Gasteiger partial charge < -0.3 is 4.74 Å². The SMILES string of the molecule is CCOC(=O)c1cnc(-c2ccccc2)nc1C. The third-order valence-corrected chi connectivity index (χ3v) is 2.51. The molecule has 0 atom stereocenters. The van der Waals surface area contributed by atoms with Gasteiger partial charge in [-0.15, -0.1) is 0 Å². The molecule has 1 aromatic carbocycles. The van der Waals surface area contributed by atoms with E-state index in [1.54, 1.807) is 13.8 Å². The highest BCUT2D eigenvalue weighted by molar-refractivity contribution is 5.90. The van der Waals surface area contributed by atoms with Gasteiger partial charge in [0.2, 0.25) is 0 Å². The van der Waals surface area contributed by atoms with Crippen molar-refractivity contribution in [3.63, 3.8) is 0 Å². The maximum atomic E-state index is 11.6. The highest BCUT2D eigenvalue weighted by Crippen LogP contribution is 2.16. The Bertz CT molecular complexity index is 553. The maximum Gasteiger partial charge on any atom is 0.341 e. The normalized spacial score (nSPS) is 10.1. The molecule has 18 heavy (non-hydrogen) atoms. The summed E-state index contributed by atoms with van der Waals surface area (Å²) >= 11 is 0. The van der Waals surface area contributed by atoms with Crippen LogP contribution in [-0.2, 0) is 4.74 Å². The van der Waals surface area contributed by atoms with Gasteiger partial charge in [0.15, 0.2) is 5.82 Å². The Kier molecular flexibility index (Phi) is 3.67. The van der Waals surface area contributed by atoms with Crippen molar-refractivity contribution in [1.82, 2.24) is 9.97 Å². The molecule has 2 rings (SSSR count). The smallest absolute Gasteiger partial charge is 0.341 e. The molecular formula is C14H14N2O2. The van der Waals surface area contributed by atoms with Gasteiger partial charge in [-0.3, -0.25) is 0 Å². The number of nitrogens with zero attached hydrogens (tertiary/aromatic N) is 2. The van der Waals surface area contributed by atoms with Crippen LogP contribution in [0.3, 0.4) is 0 Å². The predicted molar refractivity (Wildman–Crippen MR) is 68.2 cm³/mol. The fourth-order valence-corrected chi connectivity index (χ4v) is 1.60. The molecule has 1 aromatic heterocycles. The van der Waals surface area contributed by atoms with Crippen molar-refractivity contribution in [2.24, 2.45) is 0 Å². The molecule has 0 amide bonds. The molecule has 0 unspecified atom stereocenters. The first-order valence-corrected chi connectivity index (χ1v) is 5.78. The second-order valence-electron chi connectivity index (χ2n) is 3.78. The number of aromatic nitrogens is 2. The Morgan fingerprint density at radius 3 is 2.61 bits per heavy atom. The van der Waals surface area contributed by atoms with Crippen LogP contribution in [0, 0.1) is 6.92 Å². The zero-order valence-corrected chi connectivity index (χ0v) is 10.4. The number of hydrogen-bond donors (Lipinski definition) is 0. The number of benzene rings is 1. The van der Waals surface area contributed by atoms with Crippen LogP contribution in [0.5, 0.6) is 0 Å². The van der Waals surface area contributed by atoms with Gasteiger partial charge in [0, 0.05) is 11.8 Å². The minimum absolute atomic E-state index is 0.346. The Morgan fingerprint density at radius 2 is 2.00 bits per heavy atom. The van der Waals surface area contributed by atoms with Gasteiger partial charge in [0.1, 0.15) is 0 Å². The first-order valence-electron chi connectivity index (χ1n) is 5.78. The maximum absolute atomic E-state index is 11.6. The number of ether oxygens (including phenoxy) is 1. The zero-order valence-electron chi connectivity index (χ0n) is 10.4. The standard InChI is InChI=1S/C14H14N2O2/c1-3-18-14(17)12-9-15-13(16-10(12)2)11-7-5-4-6-8-11/h4-9H,3H2,1-2H3. The van der Waals surface area contributed by atoms with Crippen molar-refractivity contribution in [2.45, 2.75) is 13.8 Å². The molecule has 92 valence electrons. The van der Waals surface area contributed by atoms with Gasteiger partial charge in [-0.25, -0.2) is 14.8 Å². The number of carbonyl (C=O) groups is 1. The van der Waals surface area contributed by atoms with E-state index >= 15 is 0 Å². The van der Waals surface area contributed by atoms with Crippen molar-refractivity contribution in [3.05, 3.63) is 47.8 Å². The molecule has 0 fully saturated rings. The van der Waals surface area contributed by atoms with Crippen LogP contribution in [-0.4, -0.2) is 22.5 Å².